The Balaban J connectivity index is 2.14. The number of benzene rings is 1. The van der Waals surface area contributed by atoms with Gasteiger partial charge in [0, 0.05) is 19.3 Å². The van der Waals surface area contributed by atoms with Gasteiger partial charge in [0.05, 0.1) is 10.5 Å². The van der Waals surface area contributed by atoms with E-state index in [9.17, 15) is 12.8 Å². The second-order valence-corrected chi connectivity index (χ2v) is 6.55. The predicted octanol–water partition coefficient (Wildman–Crippen LogP) is 1.26. The molecular formula is C12H17FN2O3S. The molecule has 2 rings (SSSR count). The minimum absolute atomic E-state index is 0.0745. The van der Waals surface area contributed by atoms with Gasteiger partial charge in [0.2, 0.25) is 10.0 Å². The molecular weight excluding hydrogens is 271 g/mol. The van der Waals surface area contributed by atoms with Crippen molar-refractivity contribution in [1.82, 2.24) is 4.72 Å². The topological polar surface area (TPSA) is 81.4 Å². The average molecular weight is 288 g/mol. The maximum Gasteiger partial charge on any atom is 0.240 e. The van der Waals surface area contributed by atoms with Crippen LogP contribution in [0.5, 0.6) is 0 Å². The van der Waals surface area contributed by atoms with Crippen molar-refractivity contribution in [2.75, 3.05) is 19.4 Å². The first-order chi connectivity index (χ1) is 8.87. The molecule has 0 saturated heterocycles. The van der Waals surface area contributed by atoms with E-state index in [0.29, 0.717) is 0 Å². The maximum atomic E-state index is 13.2. The van der Waals surface area contributed by atoms with Crippen LogP contribution in [0.15, 0.2) is 23.1 Å². The van der Waals surface area contributed by atoms with Gasteiger partial charge in [-0.25, -0.2) is 17.5 Å². The third-order valence-electron chi connectivity index (χ3n) is 3.49. The second kappa shape index (κ2) is 5.07. The summed E-state index contributed by atoms with van der Waals surface area (Å²) < 4.78 is 45.1. The van der Waals surface area contributed by atoms with E-state index < -0.39 is 21.4 Å². The molecule has 0 heterocycles. The van der Waals surface area contributed by atoms with Crippen LogP contribution in [-0.4, -0.2) is 27.7 Å². The van der Waals surface area contributed by atoms with Gasteiger partial charge in [0.15, 0.2) is 0 Å². The molecule has 1 aromatic rings. The highest BCUT2D eigenvalue weighted by atomic mass is 32.2. The van der Waals surface area contributed by atoms with Crippen LogP contribution in [0.25, 0.3) is 0 Å². The van der Waals surface area contributed by atoms with E-state index in [4.69, 9.17) is 10.5 Å². The number of anilines is 1. The molecule has 7 heteroatoms. The van der Waals surface area contributed by atoms with E-state index in [1.807, 2.05) is 0 Å². The van der Waals surface area contributed by atoms with Crippen molar-refractivity contribution in [2.45, 2.75) is 29.8 Å². The quantitative estimate of drug-likeness (QED) is 0.799. The SMILES string of the molecule is COC1(CNS(=O)(=O)c2cc(N)cc(F)c2)CCC1. The zero-order valence-corrected chi connectivity index (χ0v) is 11.5. The van der Waals surface area contributed by atoms with Gasteiger partial charge in [-0.15, -0.1) is 0 Å². The Morgan fingerprint density at radius 1 is 1.42 bits per heavy atom. The van der Waals surface area contributed by atoms with Crippen LogP contribution in [0.1, 0.15) is 19.3 Å². The monoisotopic (exact) mass is 288 g/mol. The van der Waals surface area contributed by atoms with Gasteiger partial charge in [-0.2, -0.15) is 0 Å². The number of methoxy groups -OCH3 is 1. The summed E-state index contributed by atoms with van der Waals surface area (Å²) in [6, 6.07) is 3.24. The summed E-state index contributed by atoms with van der Waals surface area (Å²) in [7, 11) is -2.21. The van der Waals surface area contributed by atoms with Gasteiger partial charge in [0.1, 0.15) is 5.82 Å². The fourth-order valence-corrected chi connectivity index (χ4v) is 3.25. The van der Waals surface area contributed by atoms with Crippen molar-refractivity contribution >= 4 is 15.7 Å². The molecule has 5 nitrogen and oxygen atoms in total. The Morgan fingerprint density at radius 2 is 2.11 bits per heavy atom. The van der Waals surface area contributed by atoms with Gasteiger partial charge >= 0.3 is 0 Å². The Kier molecular flexibility index (Phi) is 3.80. The number of sulfonamides is 1. The highest BCUT2D eigenvalue weighted by Crippen LogP contribution is 2.34. The fraction of sp³-hybridized carbons (Fsp3) is 0.500. The van der Waals surface area contributed by atoms with Crippen LogP contribution < -0.4 is 10.5 Å². The van der Waals surface area contributed by atoms with Gasteiger partial charge in [-0.3, -0.25) is 0 Å². The molecule has 0 amide bonds. The molecule has 1 aromatic carbocycles. The number of nitrogens with one attached hydrogen (secondary N) is 1. The zero-order chi connectivity index (χ0) is 14.1. The number of hydrogen-bond acceptors (Lipinski definition) is 4. The highest BCUT2D eigenvalue weighted by Gasteiger charge is 2.38. The Hall–Kier alpha value is -1.18. The van der Waals surface area contributed by atoms with Crippen molar-refractivity contribution < 1.29 is 17.5 Å². The van der Waals surface area contributed by atoms with Crippen LogP contribution in [-0.2, 0) is 14.8 Å². The first kappa shape index (κ1) is 14.2. The normalized spacial score (nSPS) is 18.0. The number of ether oxygens (including phenoxy) is 1. The van der Waals surface area contributed by atoms with Gasteiger partial charge < -0.3 is 10.5 Å². The average Bonchev–Trinajstić information content (AvgIpc) is 2.26. The van der Waals surface area contributed by atoms with Gasteiger partial charge in [-0.1, -0.05) is 0 Å². The largest absolute Gasteiger partial charge is 0.399 e. The Bertz CT molecular complexity index is 545. The summed E-state index contributed by atoms with van der Waals surface area (Å²) in [5.41, 5.74) is 5.09. The number of hydrogen-bond donors (Lipinski definition) is 2. The molecule has 0 spiro atoms. The molecule has 106 valence electrons. The number of nitrogen functional groups attached to an aromatic ring is 1. The van der Waals surface area contributed by atoms with Crippen molar-refractivity contribution in [2.24, 2.45) is 0 Å². The lowest BCUT2D eigenvalue weighted by Crippen LogP contribution is -2.49. The van der Waals surface area contributed by atoms with Gasteiger partial charge in [-0.05, 0) is 37.5 Å². The smallest absolute Gasteiger partial charge is 0.240 e. The lowest BCUT2D eigenvalue weighted by atomic mass is 9.80. The lowest BCUT2D eigenvalue weighted by Gasteiger charge is -2.40. The van der Waals surface area contributed by atoms with E-state index in [2.05, 4.69) is 4.72 Å². The van der Waals surface area contributed by atoms with Crippen LogP contribution in [0, 0.1) is 5.82 Å². The van der Waals surface area contributed by atoms with E-state index in [1.165, 1.54) is 6.07 Å². The van der Waals surface area contributed by atoms with Crippen molar-refractivity contribution in [3.8, 4) is 0 Å². The summed E-state index contributed by atoms with van der Waals surface area (Å²) in [6.07, 6.45) is 2.65. The third-order valence-corrected chi connectivity index (χ3v) is 4.87. The molecule has 0 aromatic heterocycles. The van der Waals surface area contributed by atoms with E-state index in [-0.39, 0.29) is 17.1 Å². The summed E-state index contributed by atoms with van der Waals surface area (Å²) in [5, 5.41) is 0. The molecule has 0 unspecified atom stereocenters. The summed E-state index contributed by atoms with van der Waals surface area (Å²) in [6.45, 7) is 0.183. The van der Waals surface area contributed by atoms with Crippen LogP contribution in [0.3, 0.4) is 0 Å². The van der Waals surface area contributed by atoms with Crippen molar-refractivity contribution in [1.29, 1.82) is 0 Å². The molecule has 1 aliphatic carbocycles. The summed E-state index contributed by atoms with van der Waals surface area (Å²) in [4.78, 5) is -0.171. The van der Waals surface area contributed by atoms with Crippen LogP contribution >= 0.6 is 0 Å². The van der Waals surface area contributed by atoms with Crippen LogP contribution in [0.2, 0.25) is 0 Å². The molecule has 1 aliphatic rings. The minimum Gasteiger partial charge on any atom is -0.399 e. The molecule has 0 bridgehead atoms. The molecule has 3 N–H and O–H groups in total. The van der Waals surface area contributed by atoms with E-state index in [0.717, 1.165) is 31.4 Å². The number of nitrogens with two attached hydrogens (primary N) is 1. The van der Waals surface area contributed by atoms with Crippen LogP contribution in [0.4, 0.5) is 10.1 Å². The molecule has 0 radical (unpaired) electrons. The maximum absolute atomic E-state index is 13.2. The summed E-state index contributed by atoms with van der Waals surface area (Å²) in [5.74, 6) is -0.675. The zero-order valence-electron chi connectivity index (χ0n) is 10.6. The first-order valence-electron chi connectivity index (χ1n) is 5.98. The second-order valence-electron chi connectivity index (χ2n) is 4.79. The summed E-state index contributed by atoms with van der Waals surface area (Å²) >= 11 is 0. The minimum atomic E-state index is -3.77. The van der Waals surface area contributed by atoms with E-state index in [1.54, 1.807) is 7.11 Å². The molecule has 19 heavy (non-hydrogen) atoms. The molecule has 1 fully saturated rings. The Labute approximate surface area is 112 Å². The van der Waals surface area contributed by atoms with Crippen molar-refractivity contribution in [3.63, 3.8) is 0 Å². The first-order valence-corrected chi connectivity index (χ1v) is 7.46. The number of rotatable bonds is 5. The van der Waals surface area contributed by atoms with Crippen molar-refractivity contribution in [3.05, 3.63) is 24.0 Å². The molecule has 0 aliphatic heterocycles. The fourth-order valence-electron chi connectivity index (χ4n) is 2.07. The van der Waals surface area contributed by atoms with E-state index >= 15 is 0 Å². The number of halogens is 1. The molecule has 1 saturated carbocycles. The standard InChI is InChI=1S/C12H17FN2O3S/c1-18-12(3-2-4-12)8-15-19(16,17)11-6-9(13)5-10(14)7-11/h5-7,15H,2-4,8,14H2,1H3. The molecule has 0 atom stereocenters. The highest BCUT2D eigenvalue weighted by molar-refractivity contribution is 7.89. The lowest BCUT2D eigenvalue weighted by molar-refractivity contribution is -0.0659. The third kappa shape index (κ3) is 3.05. The van der Waals surface area contributed by atoms with Gasteiger partial charge in [0.25, 0.3) is 0 Å². The predicted molar refractivity (Wildman–Crippen MR) is 69.6 cm³/mol. The Morgan fingerprint density at radius 3 is 2.58 bits per heavy atom.